The number of carbonyl (C=O) groups excluding carboxylic acids is 1. The third-order valence-corrected chi connectivity index (χ3v) is 5.66. The number of thioether (sulfide) groups is 2. The zero-order chi connectivity index (χ0) is 16.2. The molecule has 0 unspecified atom stereocenters. The number of aliphatic hydroxyl groups is 1. The number of benzene rings is 2. The average molecular weight is 344 g/mol. The summed E-state index contributed by atoms with van der Waals surface area (Å²) >= 11 is 3.02. The van der Waals surface area contributed by atoms with Crippen LogP contribution in [0.25, 0.3) is 0 Å². The van der Waals surface area contributed by atoms with Gasteiger partial charge in [0.1, 0.15) is 5.37 Å². The third-order valence-electron chi connectivity index (χ3n) is 3.46. The maximum absolute atomic E-state index is 12.7. The summed E-state index contributed by atoms with van der Waals surface area (Å²) in [5.74, 6) is -0.415. The molecule has 1 heterocycles. The molecule has 3 rings (SSSR count). The Morgan fingerprint density at radius 3 is 2.39 bits per heavy atom. The minimum absolute atomic E-state index is 0.246. The predicted octanol–water partition coefficient (Wildman–Crippen LogP) is 3.63. The molecule has 1 aliphatic heterocycles. The molecule has 0 spiro atoms. The molecule has 2 aromatic carbocycles. The average Bonchev–Trinajstić information content (AvgIpc) is 3.06. The lowest BCUT2D eigenvalue weighted by molar-refractivity contribution is -0.141. The molecule has 0 aliphatic carbocycles. The molecule has 1 amide bonds. The normalized spacial score (nSPS) is 18.6. The van der Waals surface area contributed by atoms with E-state index in [0.717, 1.165) is 9.94 Å². The van der Waals surface area contributed by atoms with Gasteiger partial charge in [0.05, 0.1) is 0 Å². The second kappa shape index (κ2) is 7.21. The van der Waals surface area contributed by atoms with Crippen molar-refractivity contribution in [1.29, 1.82) is 0 Å². The molecule has 0 aromatic heterocycles. The number of amides is 1. The molecule has 2 aromatic rings. The van der Waals surface area contributed by atoms with E-state index in [1.807, 2.05) is 42.7 Å². The lowest BCUT2D eigenvalue weighted by Crippen LogP contribution is -2.31. The van der Waals surface area contributed by atoms with Crippen molar-refractivity contribution in [3.8, 4) is 0 Å². The van der Waals surface area contributed by atoms with Crippen LogP contribution in [0, 0.1) is 0 Å². The van der Waals surface area contributed by atoms with Crippen molar-refractivity contribution >= 4 is 33.8 Å². The van der Waals surface area contributed by atoms with Gasteiger partial charge in [-0.25, -0.2) is 5.01 Å². The first kappa shape index (κ1) is 16.1. The van der Waals surface area contributed by atoms with Gasteiger partial charge in [-0.05, 0) is 17.4 Å². The van der Waals surface area contributed by atoms with E-state index in [1.54, 1.807) is 24.3 Å². The highest BCUT2D eigenvalue weighted by Gasteiger charge is 2.36. The monoisotopic (exact) mass is 344 g/mol. The second-order valence-electron chi connectivity index (χ2n) is 4.95. The van der Waals surface area contributed by atoms with E-state index in [9.17, 15) is 9.90 Å². The molecule has 1 aliphatic rings. The van der Waals surface area contributed by atoms with Crippen molar-refractivity contribution in [2.24, 2.45) is 5.10 Å². The lowest BCUT2D eigenvalue weighted by Gasteiger charge is -2.23. The minimum atomic E-state index is -1.21. The summed E-state index contributed by atoms with van der Waals surface area (Å²) in [5, 5.41) is 15.9. The van der Waals surface area contributed by atoms with Gasteiger partial charge in [-0.1, -0.05) is 72.4 Å². The first-order chi connectivity index (χ1) is 11.2. The lowest BCUT2D eigenvalue weighted by atomic mass is 10.1. The highest BCUT2D eigenvalue weighted by Crippen LogP contribution is 2.43. The molecule has 0 fully saturated rings. The van der Waals surface area contributed by atoms with Crippen molar-refractivity contribution < 1.29 is 9.90 Å². The Kier molecular flexibility index (Phi) is 5.05. The van der Waals surface area contributed by atoms with Crippen molar-refractivity contribution in [3.63, 3.8) is 0 Å². The number of nitrogens with zero attached hydrogens (tertiary/aromatic N) is 2. The molecule has 6 heteroatoms. The number of carbonyl (C=O) groups is 1. The summed E-state index contributed by atoms with van der Waals surface area (Å²) in [6, 6.07) is 18.7. The first-order valence-corrected chi connectivity index (χ1v) is 9.21. The first-order valence-electron chi connectivity index (χ1n) is 7.11. The zero-order valence-corrected chi connectivity index (χ0v) is 14.1. The fourth-order valence-electron chi connectivity index (χ4n) is 2.29. The summed E-state index contributed by atoms with van der Waals surface area (Å²) in [7, 11) is 0. The topological polar surface area (TPSA) is 52.9 Å². The quantitative estimate of drug-likeness (QED) is 0.924. The van der Waals surface area contributed by atoms with Gasteiger partial charge in [0, 0.05) is 0 Å². The molecule has 0 bridgehead atoms. The summed E-state index contributed by atoms with van der Waals surface area (Å²) < 4.78 is 0.812. The van der Waals surface area contributed by atoms with E-state index in [1.165, 1.54) is 28.5 Å². The maximum atomic E-state index is 12.7. The van der Waals surface area contributed by atoms with Crippen LogP contribution in [0.5, 0.6) is 0 Å². The Bertz CT molecular complexity index is 707. The molecule has 0 saturated heterocycles. The molecule has 4 nitrogen and oxygen atoms in total. The summed E-state index contributed by atoms with van der Waals surface area (Å²) in [4.78, 5) is 12.7. The SMILES string of the molecule is CSC1=NN(C(=O)[C@H](O)c2ccccc2)[C@H](c2ccccc2)S1. The number of hydrazone groups is 1. The molecule has 0 radical (unpaired) electrons. The maximum Gasteiger partial charge on any atom is 0.277 e. The van der Waals surface area contributed by atoms with E-state index in [2.05, 4.69) is 5.10 Å². The van der Waals surface area contributed by atoms with Crippen LogP contribution in [0.3, 0.4) is 0 Å². The standard InChI is InChI=1S/C17H16N2O2S2/c1-22-17-18-19(16(23-17)13-10-6-3-7-11-13)15(21)14(20)12-8-4-2-5-9-12/h2-11,14,16,20H,1H3/t14-,16+/m1/s1. The van der Waals surface area contributed by atoms with E-state index in [0.29, 0.717) is 5.56 Å². The Balaban J connectivity index is 1.88. The highest BCUT2D eigenvalue weighted by atomic mass is 32.2. The van der Waals surface area contributed by atoms with Gasteiger partial charge in [-0.15, -0.1) is 11.8 Å². The summed E-state index contributed by atoms with van der Waals surface area (Å²) in [5.41, 5.74) is 1.56. The third kappa shape index (κ3) is 3.44. The van der Waals surface area contributed by atoms with Crippen LogP contribution in [0.4, 0.5) is 0 Å². The largest absolute Gasteiger partial charge is 0.378 e. The van der Waals surface area contributed by atoms with Crippen LogP contribution in [0.2, 0.25) is 0 Å². The second-order valence-corrected chi connectivity index (χ2v) is 7.07. The predicted molar refractivity (Wildman–Crippen MR) is 96.0 cm³/mol. The Labute approximate surface area is 143 Å². The van der Waals surface area contributed by atoms with Gasteiger partial charge >= 0.3 is 0 Å². The highest BCUT2D eigenvalue weighted by molar-refractivity contribution is 8.38. The molecule has 23 heavy (non-hydrogen) atoms. The molecule has 0 saturated carbocycles. The van der Waals surface area contributed by atoms with Crippen molar-refractivity contribution in [2.45, 2.75) is 11.5 Å². The number of aliphatic hydroxyl groups excluding tert-OH is 1. The van der Waals surface area contributed by atoms with E-state index in [-0.39, 0.29) is 5.37 Å². The Hall–Kier alpha value is -1.76. The van der Waals surface area contributed by atoms with Crippen LogP contribution >= 0.6 is 23.5 Å². The van der Waals surface area contributed by atoms with Gasteiger partial charge in [0.15, 0.2) is 10.5 Å². The van der Waals surface area contributed by atoms with Crippen LogP contribution < -0.4 is 0 Å². The fraction of sp³-hybridized carbons (Fsp3) is 0.176. The van der Waals surface area contributed by atoms with E-state index < -0.39 is 12.0 Å². The van der Waals surface area contributed by atoms with Crippen molar-refractivity contribution in [3.05, 3.63) is 71.8 Å². The van der Waals surface area contributed by atoms with E-state index >= 15 is 0 Å². The van der Waals surface area contributed by atoms with Gasteiger partial charge in [-0.2, -0.15) is 5.10 Å². The number of rotatable bonds is 3. The molecule has 118 valence electrons. The Morgan fingerprint density at radius 1 is 1.17 bits per heavy atom. The molecule has 1 N–H and O–H groups in total. The Morgan fingerprint density at radius 2 is 1.78 bits per heavy atom. The number of hydrogen-bond acceptors (Lipinski definition) is 5. The van der Waals surface area contributed by atoms with E-state index in [4.69, 9.17) is 0 Å². The summed E-state index contributed by atoms with van der Waals surface area (Å²) in [6.07, 6.45) is 0.711. The fourth-order valence-corrected chi connectivity index (χ4v) is 3.99. The zero-order valence-electron chi connectivity index (χ0n) is 12.5. The van der Waals surface area contributed by atoms with Crippen molar-refractivity contribution in [2.75, 3.05) is 6.26 Å². The van der Waals surface area contributed by atoms with Gasteiger partial charge < -0.3 is 5.11 Å². The van der Waals surface area contributed by atoms with Gasteiger partial charge in [-0.3, -0.25) is 4.79 Å². The smallest absolute Gasteiger partial charge is 0.277 e. The molecule has 2 atom stereocenters. The summed E-state index contributed by atoms with van der Waals surface area (Å²) in [6.45, 7) is 0. The molecular weight excluding hydrogens is 328 g/mol. The van der Waals surface area contributed by atoms with Crippen molar-refractivity contribution in [1.82, 2.24) is 5.01 Å². The van der Waals surface area contributed by atoms with Gasteiger partial charge in [0.25, 0.3) is 5.91 Å². The minimum Gasteiger partial charge on any atom is -0.378 e. The molecular formula is C17H16N2O2S2. The van der Waals surface area contributed by atoms with Crippen LogP contribution in [-0.2, 0) is 4.79 Å². The van der Waals surface area contributed by atoms with Crippen LogP contribution in [0.15, 0.2) is 65.8 Å². The van der Waals surface area contributed by atoms with Crippen LogP contribution in [-0.4, -0.2) is 26.7 Å². The number of hydrogen-bond donors (Lipinski definition) is 1. The van der Waals surface area contributed by atoms with Gasteiger partial charge in [0.2, 0.25) is 0 Å². The van der Waals surface area contributed by atoms with Crippen LogP contribution in [0.1, 0.15) is 22.6 Å².